The molecule has 2 rings (SSSR count). The molecule has 0 amide bonds. The lowest BCUT2D eigenvalue weighted by Gasteiger charge is -2.13. The molecule has 0 heterocycles. The fraction of sp³-hybridized carbons (Fsp3) is 0.235. The smallest absolute Gasteiger partial charge is 0.258 e. The normalized spacial score (nSPS) is 10.7. The van der Waals surface area contributed by atoms with E-state index in [2.05, 4.69) is 0 Å². The molecule has 0 N–H and O–H groups in total. The highest BCUT2D eigenvalue weighted by Crippen LogP contribution is 2.40. The van der Waals surface area contributed by atoms with E-state index < -0.39 is 10.7 Å². The second kappa shape index (κ2) is 7.16. The number of hydrogen-bond acceptors (Lipinski definition) is 3. The van der Waals surface area contributed by atoms with Gasteiger partial charge in [0.2, 0.25) is 0 Å². The molecule has 0 unspecified atom stereocenters. The number of halogens is 3. The topological polar surface area (TPSA) is 66.9 Å². The van der Waals surface area contributed by atoms with E-state index >= 15 is 0 Å². The number of rotatable bonds is 4. The first-order chi connectivity index (χ1) is 11.3. The molecule has 0 aromatic heterocycles. The third-order valence-corrected chi connectivity index (χ3v) is 4.07. The summed E-state index contributed by atoms with van der Waals surface area (Å²) in [7, 11) is 0. The van der Waals surface area contributed by atoms with Crippen LogP contribution >= 0.6 is 23.2 Å². The fourth-order valence-electron chi connectivity index (χ4n) is 2.46. The van der Waals surface area contributed by atoms with Crippen molar-refractivity contribution in [1.82, 2.24) is 0 Å². The zero-order valence-corrected chi connectivity index (χ0v) is 14.5. The Morgan fingerprint density at radius 3 is 2.33 bits per heavy atom. The van der Waals surface area contributed by atoms with Crippen LogP contribution in [-0.2, 0) is 6.42 Å². The number of non-ortho nitro benzene ring substituents is 1. The largest absolute Gasteiger partial charge is 0.272 e. The van der Waals surface area contributed by atoms with Crippen molar-refractivity contribution in [3.8, 4) is 17.2 Å². The van der Waals surface area contributed by atoms with Gasteiger partial charge >= 0.3 is 0 Å². The lowest BCUT2D eigenvalue weighted by molar-refractivity contribution is -0.384. The van der Waals surface area contributed by atoms with Crippen LogP contribution in [0, 0.1) is 33.2 Å². The molecule has 0 atom stereocenters. The van der Waals surface area contributed by atoms with Crippen LogP contribution < -0.4 is 0 Å². The van der Waals surface area contributed by atoms with Crippen molar-refractivity contribution >= 4 is 28.9 Å². The quantitative estimate of drug-likeness (QED) is 0.508. The van der Waals surface area contributed by atoms with E-state index in [0.29, 0.717) is 12.0 Å². The van der Waals surface area contributed by atoms with Crippen molar-refractivity contribution in [3.63, 3.8) is 0 Å². The first-order valence-electron chi connectivity index (χ1n) is 7.11. The fourth-order valence-corrected chi connectivity index (χ4v) is 3.14. The molecular formula is C17H13Cl2FN2O2. The average molecular weight is 367 g/mol. The molecule has 0 fully saturated rings. The van der Waals surface area contributed by atoms with Crippen molar-refractivity contribution in [3.05, 3.63) is 61.4 Å². The summed E-state index contributed by atoms with van der Waals surface area (Å²) in [5, 5.41) is 20.2. The summed E-state index contributed by atoms with van der Waals surface area (Å²) in [6.45, 7) is 3.90. The molecule has 0 saturated heterocycles. The maximum atomic E-state index is 14.6. The molecule has 2 aromatic rings. The Bertz CT molecular complexity index is 837. The van der Waals surface area contributed by atoms with Gasteiger partial charge in [0.25, 0.3) is 5.69 Å². The van der Waals surface area contributed by atoms with Gasteiger partial charge in [0.15, 0.2) is 0 Å². The minimum Gasteiger partial charge on any atom is -0.258 e. The molecule has 0 aliphatic rings. The molecule has 0 spiro atoms. The second-order valence-corrected chi connectivity index (χ2v) is 6.53. The highest BCUT2D eigenvalue weighted by molar-refractivity contribution is 6.39. The van der Waals surface area contributed by atoms with Crippen LogP contribution in [0.1, 0.15) is 25.0 Å². The predicted molar refractivity (Wildman–Crippen MR) is 91.8 cm³/mol. The highest BCUT2D eigenvalue weighted by atomic mass is 35.5. The average Bonchev–Trinajstić information content (AvgIpc) is 2.48. The molecule has 0 aliphatic carbocycles. The molecular weight excluding hydrogens is 354 g/mol. The van der Waals surface area contributed by atoms with Crippen molar-refractivity contribution in [2.24, 2.45) is 5.92 Å². The lowest BCUT2D eigenvalue weighted by Crippen LogP contribution is -2.02. The highest BCUT2D eigenvalue weighted by Gasteiger charge is 2.21. The molecule has 0 bridgehead atoms. The molecule has 0 saturated carbocycles. The van der Waals surface area contributed by atoms with Crippen molar-refractivity contribution in [2.45, 2.75) is 20.3 Å². The molecule has 4 nitrogen and oxygen atoms in total. The van der Waals surface area contributed by atoms with Gasteiger partial charge in [-0.3, -0.25) is 10.1 Å². The number of nitro groups is 1. The maximum absolute atomic E-state index is 14.6. The third kappa shape index (κ3) is 3.50. The Balaban J connectivity index is 2.68. The summed E-state index contributed by atoms with van der Waals surface area (Å²) in [6.07, 6.45) is 0.489. The van der Waals surface area contributed by atoms with E-state index in [1.54, 1.807) is 12.1 Å². The van der Waals surface area contributed by atoms with E-state index in [9.17, 15) is 19.8 Å². The molecule has 7 heteroatoms. The van der Waals surface area contributed by atoms with Gasteiger partial charge in [-0.1, -0.05) is 49.2 Å². The van der Waals surface area contributed by atoms with Crippen LogP contribution in [0.2, 0.25) is 10.0 Å². The first kappa shape index (κ1) is 18.2. The Labute approximate surface area is 148 Å². The SMILES string of the molecule is CC(C)Cc1ccc(-c2c(Cl)cc([N+](=O)[O-])cc2Cl)c(C#N)c1F. The van der Waals surface area contributed by atoms with Crippen molar-refractivity contribution in [2.75, 3.05) is 0 Å². The maximum Gasteiger partial charge on any atom is 0.272 e. The summed E-state index contributed by atoms with van der Waals surface area (Å²) < 4.78 is 14.6. The monoisotopic (exact) mass is 366 g/mol. The van der Waals surface area contributed by atoms with E-state index in [-0.39, 0.29) is 38.3 Å². The number of nitro benzene ring substituents is 1. The Morgan fingerprint density at radius 1 is 1.29 bits per heavy atom. The van der Waals surface area contributed by atoms with Crippen LogP contribution in [0.15, 0.2) is 24.3 Å². The van der Waals surface area contributed by atoms with Gasteiger partial charge in [-0.25, -0.2) is 4.39 Å². The number of hydrogen-bond donors (Lipinski definition) is 0. The summed E-state index contributed by atoms with van der Waals surface area (Å²) in [5.74, 6) is -0.391. The zero-order valence-electron chi connectivity index (χ0n) is 12.9. The van der Waals surface area contributed by atoms with Gasteiger partial charge in [0.1, 0.15) is 11.9 Å². The van der Waals surface area contributed by atoms with E-state index in [1.165, 1.54) is 0 Å². The van der Waals surface area contributed by atoms with Gasteiger partial charge in [-0.05, 0) is 17.9 Å². The summed E-state index contributed by atoms with van der Waals surface area (Å²) in [4.78, 5) is 10.2. The standard InChI is InChI=1S/C17H13Cl2FN2O2/c1-9(2)5-10-3-4-12(13(8-21)17(10)20)16-14(18)6-11(22(23)24)7-15(16)19/h3-4,6-7,9H,5H2,1-2H3. The van der Waals surface area contributed by atoms with E-state index in [4.69, 9.17) is 23.2 Å². The van der Waals surface area contributed by atoms with Crippen LogP contribution in [-0.4, -0.2) is 4.92 Å². The Kier molecular flexibility index (Phi) is 5.43. The number of nitrogens with zero attached hydrogens (tertiary/aromatic N) is 2. The van der Waals surface area contributed by atoms with Crippen LogP contribution in [0.25, 0.3) is 11.1 Å². The van der Waals surface area contributed by atoms with Crippen molar-refractivity contribution in [1.29, 1.82) is 5.26 Å². The minimum atomic E-state index is -0.626. The molecule has 24 heavy (non-hydrogen) atoms. The minimum absolute atomic E-state index is 0.0123. The summed E-state index contributed by atoms with van der Waals surface area (Å²) in [6, 6.07) is 7.25. The molecule has 0 radical (unpaired) electrons. The van der Waals surface area contributed by atoms with Gasteiger partial charge in [0.05, 0.1) is 20.5 Å². The van der Waals surface area contributed by atoms with E-state index in [1.807, 2.05) is 19.9 Å². The number of nitriles is 1. The second-order valence-electron chi connectivity index (χ2n) is 5.71. The lowest BCUT2D eigenvalue weighted by atomic mass is 9.94. The molecule has 2 aromatic carbocycles. The van der Waals surface area contributed by atoms with Gasteiger partial charge in [-0.15, -0.1) is 0 Å². The Morgan fingerprint density at radius 2 is 1.88 bits per heavy atom. The van der Waals surface area contributed by atoms with Crippen LogP contribution in [0.3, 0.4) is 0 Å². The summed E-state index contributed by atoms with van der Waals surface area (Å²) >= 11 is 12.2. The summed E-state index contributed by atoms with van der Waals surface area (Å²) in [5.41, 5.74) is 0.400. The van der Waals surface area contributed by atoms with E-state index in [0.717, 1.165) is 12.1 Å². The third-order valence-electron chi connectivity index (χ3n) is 3.47. The van der Waals surface area contributed by atoms with Crippen molar-refractivity contribution < 1.29 is 9.31 Å². The van der Waals surface area contributed by atoms with Gasteiger partial charge < -0.3 is 0 Å². The van der Waals surface area contributed by atoms with Crippen LogP contribution in [0.4, 0.5) is 10.1 Å². The number of benzene rings is 2. The van der Waals surface area contributed by atoms with Crippen LogP contribution in [0.5, 0.6) is 0 Å². The molecule has 124 valence electrons. The van der Waals surface area contributed by atoms with Gasteiger partial charge in [0, 0.05) is 23.3 Å². The zero-order chi connectivity index (χ0) is 18.0. The Hall–Kier alpha value is -2.16. The first-order valence-corrected chi connectivity index (χ1v) is 7.87. The molecule has 0 aliphatic heterocycles. The van der Waals surface area contributed by atoms with Gasteiger partial charge in [-0.2, -0.15) is 5.26 Å². The predicted octanol–water partition coefficient (Wildman–Crippen LogP) is 5.78.